The number of carboxylic acid groups (broad SMARTS) is 1. The van der Waals surface area contributed by atoms with E-state index in [1.807, 2.05) is 6.07 Å². The second-order valence-corrected chi connectivity index (χ2v) is 5.28. The fourth-order valence-electron chi connectivity index (χ4n) is 2.43. The molecule has 0 radical (unpaired) electrons. The van der Waals surface area contributed by atoms with Crippen molar-refractivity contribution in [3.8, 4) is 17.3 Å². The Balaban J connectivity index is 2.16. The fourth-order valence-corrected chi connectivity index (χ4v) is 2.43. The smallest absolute Gasteiger partial charge is 0.416 e. The third-order valence-corrected chi connectivity index (χ3v) is 3.69. The summed E-state index contributed by atoms with van der Waals surface area (Å²) >= 11 is 0. The van der Waals surface area contributed by atoms with Gasteiger partial charge < -0.3 is 5.11 Å². The van der Waals surface area contributed by atoms with Crippen LogP contribution in [0.4, 0.5) is 13.2 Å². The lowest BCUT2D eigenvalue weighted by Crippen LogP contribution is -2.04. The topological polar surface area (TPSA) is 74.0 Å². The number of aromatic nitrogens is 1. The van der Waals surface area contributed by atoms with Gasteiger partial charge >= 0.3 is 12.1 Å². The third kappa shape index (κ3) is 3.15. The molecule has 0 unspecified atom stereocenters. The van der Waals surface area contributed by atoms with E-state index in [1.54, 1.807) is 0 Å². The summed E-state index contributed by atoms with van der Waals surface area (Å²) in [5, 5.41) is 18.8. The molecule has 0 aliphatic rings. The molecule has 7 heteroatoms. The quantitative estimate of drug-likeness (QED) is 0.744. The first-order valence-electron chi connectivity index (χ1n) is 7.05. The first kappa shape index (κ1) is 16.5. The van der Waals surface area contributed by atoms with Gasteiger partial charge in [0.15, 0.2) is 0 Å². The number of nitriles is 1. The Morgan fingerprint density at radius 2 is 1.76 bits per heavy atom. The molecule has 1 heterocycles. The molecule has 0 fully saturated rings. The van der Waals surface area contributed by atoms with Crippen molar-refractivity contribution < 1.29 is 23.1 Å². The van der Waals surface area contributed by atoms with E-state index in [2.05, 4.69) is 4.98 Å². The summed E-state index contributed by atoms with van der Waals surface area (Å²) in [6, 6.07) is 12.0. The number of rotatable bonds is 2. The molecule has 0 spiro atoms. The standard InChI is InChI=1S/C18H9F3N2O2/c19-18(20,21)13-4-1-10(2-5-13)15-8-12(9-22)14-6-3-11(17(24)25)7-16(14)23-15/h1-8H,(H,24,25). The molecule has 0 amide bonds. The third-order valence-electron chi connectivity index (χ3n) is 3.69. The van der Waals surface area contributed by atoms with Gasteiger partial charge in [-0.05, 0) is 30.3 Å². The van der Waals surface area contributed by atoms with Crippen molar-refractivity contribution in [2.45, 2.75) is 6.18 Å². The number of carbonyl (C=O) groups is 1. The summed E-state index contributed by atoms with van der Waals surface area (Å²) in [5.74, 6) is -1.14. The Morgan fingerprint density at radius 3 is 2.32 bits per heavy atom. The minimum atomic E-state index is -4.44. The zero-order valence-corrected chi connectivity index (χ0v) is 12.5. The van der Waals surface area contributed by atoms with E-state index < -0.39 is 17.7 Å². The summed E-state index contributed by atoms with van der Waals surface area (Å²) in [6.07, 6.45) is -4.44. The predicted molar refractivity (Wildman–Crippen MR) is 83.9 cm³/mol. The number of pyridine rings is 1. The van der Waals surface area contributed by atoms with E-state index in [0.717, 1.165) is 12.1 Å². The van der Waals surface area contributed by atoms with Crippen molar-refractivity contribution in [2.24, 2.45) is 0 Å². The molecule has 0 aliphatic carbocycles. The lowest BCUT2D eigenvalue weighted by atomic mass is 10.0. The highest BCUT2D eigenvalue weighted by Crippen LogP contribution is 2.31. The lowest BCUT2D eigenvalue weighted by molar-refractivity contribution is -0.137. The Hall–Kier alpha value is -3.40. The summed E-state index contributed by atoms with van der Waals surface area (Å²) in [4.78, 5) is 15.4. The number of hydrogen-bond donors (Lipinski definition) is 1. The number of alkyl halides is 3. The minimum absolute atomic E-state index is 0.00783. The van der Waals surface area contributed by atoms with E-state index in [0.29, 0.717) is 16.6 Å². The van der Waals surface area contributed by atoms with Gasteiger partial charge in [-0.2, -0.15) is 18.4 Å². The molecule has 1 N–H and O–H groups in total. The SMILES string of the molecule is N#Cc1cc(-c2ccc(C(F)(F)F)cc2)nc2cc(C(=O)O)ccc12. The van der Waals surface area contributed by atoms with E-state index in [9.17, 15) is 23.2 Å². The highest BCUT2D eigenvalue weighted by Gasteiger charge is 2.30. The summed E-state index contributed by atoms with van der Waals surface area (Å²) in [5.41, 5.74) is 0.456. The van der Waals surface area contributed by atoms with Crippen LogP contribution in [0.1, 0.15) is 21.5 Å². The highest BCUT2D eigenvalue weighted by atomic mass is 19.4. The van der Waals surface area contributed by atoms with E-state index in [-0.39, 0.29) is 16.6 Å². The molecule has 0 atom stereocenters. The van der Waals surface area contributed by atoms with Crippen LogP contribution in [0.5, 0.6) is 0 Å². The average molecular weight is 342 g/mol. The van der Waals surface area contributed by atoms with Gasteiger partial charge in [-0.25, -0.2) is 9.78 Å². The van der Waals surface area contributed by atoms with Crippen molar-refractivity contribution in [1.29, 1.82) is 5.26 Å². The maximum Gasteiger partial charge on any atom is 0.416 e. The van der Waals surface area contributed by atoms with Gasteiger partial charge in [0.2, 0.25) is 0 Å². The van der Waals surface area contributed by atoms with Crippen LogP contribution in [0.2, 0.25) is 0 Å². The molecule has 1 aromatic heterocycles. The molecule has 0 aliphatic heterocycles. The summed E-state index contributed by atoms with van der Waals surface area (Å²) in [6.45, 7) is 0. The van der Waals surface area contributed by atoms with Gasteiger partial charge in [0.25, 0.3) is 0 Å². The molecular formula is C18H9F3N2O2. The van der Waals surface area contributed by atoms with Crippen molar-refractivity contribution in [3.05, 3.63) is 65.2 Å². The van der Waals surface area contributed by atoms with Crippen LogP contribution in [0.15, 0.2) is 48.5 Å². The number of hydrogen-bond acceptors (Lipinski definition) is 3. The highest BCUT2D eigenvalue weighted by molar-refractivity contribution is 5.95. The molecule has 124 valence electrons. The monoisotopic (exact) mass is 342 g/mol. The average Bonchev–Trinajstić information content (AvgIpc) is 2.59. The fraction of sp³-hybridized carbons (Fsp3) is 0.0556. The summed E-state index contributed by atoms with van der Waals surface area (Å²) in [7, 11) is 0. The van der Waals surface area contributed by atoms with E-state index in [1.165, 1.54) is 36.4 Å². The number of benzene rings is 2. The van der Waals surface area contributed by atoms with Crippen molar-refractivity contribution >= 4 is 16.9 Å². The maximum atomic E-state index is 12.7. The van der Waals surface area contributed by atoms with Crippen LogP contribution in [0, 0.1) is 11.3 Å². The Bertz CT molecular complexity index is 1020. The zero-order valence-electron chi connectivity index (χ0n) is 12.5. The van der Waals surface area contributed by atoms with Crippen LogP contribution in [-0.2, 0) is 6.18 Å². The molecular weight excluding hydrogens is 333 g/mol. The van der Waals surface area contributed by atoms with E-state index >= 15 is 0 Å². The molecule has 25 heavy (non-hydrogen) atoms. The van der Waals surface area contributed by atoms with Crippen molar-refractivity contribution in [2.75, 3.05) is 0 Å². The maximum absolute atomic E-state index is 12.7. The first-order chi connectivity index (χ1) is 11.8. The second kappa shape index (κ2) is 5.91. The first-order valence-corrected chi connectivity index (χ1v) is 7.05. The Labute approximate surface area is 139 Å². The zero-order chi connectivity index (χ0) is 18.2. The minimum Gasteiger partial charge on any atom is -0.478 e. The van der Waals surface area contributed by atoms with Gasteiger partial charge in [0, 0.05) is 10.9 Å². The number of carboxylic acids is 1. The van der Waals surface area contributed by atoms with Crippen LogP contribution in [0.3, 0.4) is 0 Å². The van der Waals surface area contributed by atoms with Crippen LogP contribution >= 0.6 is 0 Å². The Morgan fingerprint density at radius 1 is 1.08 bits per heavy atom. The van der Waals surface area contributed by atoms with Gasteiger partial charge in [0.1, 0.15) is 0 Å². The number of halogens is 3. The van der Waals surface area contributed by atoms with Gasteiger partial charge in [-0.3, -0.25) is 0 Å². The van der Waals surface area contributed by atoms with Crippen LogP contribution in [-0.4, -0.2) is 16.1 Å². The molecule has 0 bridgehead atoms. The number of aromatic carboxylic acids is 1. The molecule has 0 saturated heterocycles. The molecule has 4 nitrogen and oxygen atoms in total. The molecule has 2 aromatic carbocycles. The summed E-state index contributed by atoms with van der Waals surface area (Å²) < 4.78 is 38.0. The second-order valence-electron chi connectivity index (χ2n) is 5.28. The van der Waals surface area contributed by atoms with Crippen LogP contribution < -0.4 is 0 Å². The number of fused-ring (bicyclic) bond motifs is 1. The molecule has 0 saturated carbocycles. The lowest BCUT2D eigenvalue weighted by Gasteiger charge is -2.09. The van der Waals surface area contributed by atoms with Gasteiger partial charge in [0.05, 0.1) is 34.0 Å². The van der Waals surface area contributed by atoms with Crippen molar-refractivity contribution in [1.82, 2.24) is 4.98 Å². The van der Waals surface area contributed by atoms with Gasteiger partial charge in [-0.15, -0.1) is 0 Å². The molecule has 3 aromatic rings. The van der Waals surface area contributed by atoms with Crippen molar-refractivity contribution in [3.63, 3.8) is 0 Å². The normalized spacial score (nSPS) is 11.3. The van der Waals surface area contributed by atoms with E-state index in [4.69, 9.17) is 5.11 Å². The molecule has 3 rings (SSSR count). The number of nitrogens with zero attached hydrogens (tertiary/aromatic N) is 2. The predicted octanol–water partition coefficient (Wildman–Crippen LogP) is 4.49. The van der Waals surface area contributed by atoms with Crippen LogP contribution in [0.25, 0.3) is 22.2 Å². The largest absolute Gasteiger partial charge is 0.478 e. The van der Waals surface area contributed by atoms with Gasteiger partial charge in [-0.1, -0.05) is 18.2 Å². The Kier molecular flexibility index (Phi) is 3.89.